The molecule has 0 radical (unpaired) electrons. The Hall–Kier alpha value is -3.95. The monoisotopic (exact) mass is 441 g/mol. The van der Waals surface area contributed by atoms with E-state index >= 15 is 0 Å². The molecule has 0 atom stereocenters. The maximum Gasteiger partial charge on any atom is 0.338 e. The minimum Gasteiger partial charge on any atom is -0.465 e. The first-order valence-electron chi connectivity index (χ1n) is 10.1. The van der Waals surface area contributed by atoms with Crippen LogP contribution in [0.4, 0.5) is 17.1 Å². The lowest BCUT2D eigenvalue weighted by Crippen LogP contribution is -2.30. The summed E-state index contributed by atoms with van der Waals surface area (Å²) in [6.45, 7) is 0.885. The molecule has 1 heterocycles. The van der Waals surface area contributed by atoms with Crippen LogP contribution in [0.5, 0.6) is 0 Å². The Kier molecular flexibility index (Phi) is 7.37. The summed E-state index contributed by atoms with van der Waals surface area (Å²) in [6, 6.07) is 10.2. The van der Waals surface area contributed by atoms with Crippen LogP contribution in [-0.2, 0) is 14.3 Å². The number of esters is 2. The number of nitrogens with one attached hydrogen (secondary N) is 1. The van der Waals surface area contributed by atoms with Crippen molar-refractivity contribution in [3.05, 3.63) is 63.7 Å². The summed E-state index contributed by atoms with van der Waals surface area (Å²) < 4.78 is 9.60. The third-order valence-electron chi connectivity index (χ3n) is 5.03. The predicted octanol–water partition coefficient (Wildman–Crippen LogP) is 3.17. The normalized spacial score (nSPS) is 13.2. The summed E-state index contributed by atoms with van der Waals surface area (Å²) in [5.41, 5.74) is 1.02. The summed E-state index contributed by atoms with van der Waals surface area (Å²) in [5, 5.41) is 14.1. The van der Waals surface area contributed by atoms with E-state index < -0.39 is 29.4 Å². The molecule has 10 heteroatoms. The van der Waals surface area contributed by atoms with Gasteiger partial charge in [-0.15, -0.1) is 0 Å². The molecule has 1 amide bonds. The number of piperidine rings is 1. The number of ether oxygens (including phenoxy) is 2. The molecule has 1 aliphatic rings. The van der Waals surface area contributed by atoms with Gasteiger partial charge in [-0.2, -0.15) is 0 Å². The topological polar surface area (TPSA) is 128 Å². The van der Waals surface area contributed by atoms with Crippen LogP contribution in [0.25, 0.3) is 0 Å². The Morgan fingerprint density at radius 3 is 2.28 bits per heavy atom. The van der Waals surface area contributed by atoms with Gasteiger partial charge in [0.25, 0.3) is 11.6 Å². The SMILES string of the molecule is COC(=O)c1ccc(NC(=O)COC(=O)c2ccc(N3CCCCC3)c([N+](=O)[O-])c2)cc1. The fourth-order valence-corrected chi connectivity index (χ4v) is 3.42. The average Bonchev–Trinajstić information content (AvgIpc) is 2.82. The first kappa shape index (κ1) is 22.7. The Balaban J connectivity index is 1.60. The summed E-state index contributed by atoms with van der Waals surface area (Å²) >= 11 is 0. The lowest BCUT2D eigenvalue weighted by atomic mass is 10.1. The van der Waals surface area contributed by atoms with E-state index in [-0.39, 0.29) is 11.3 Å². The van der Waals surface area contributed by atoms with Gasteiger partial charge in [-0.1, -0.05) is 0 Å². The maximum absolute atomic E-state index is 12.3. The van der Waals surface area contributed by atoms with E-state index in [1.165, 1.54) is 43.5 Å². The van der Waals surface area contributed by atoms with Gasteiger partial charge in [-0.05, 0) is 55.7 Å². The molecular weight excluding hydrogens is 418 g/mol. The molecule has 1 aliphatic heterocycles. The zero-order valence-corrected chi connectivity index (χ0v) is 17.5. The van der Waals surface area contributed by atoms with Gasteiger partial charge in [0, 0.05) is 24.8 Å². The van der Waals surface area contributed by atoms with Crippen LogP contribution in [0.2, 0.25) is 0 Å². The molecule has 2 aromatic rings. The van der Waals surface area contributed by atoms with E-state index in [0.717, 1.165) is 32.4 Å². The summed E-state index contributed by atoms with van der Waals surface area (Å²) in [6.07, 6.45) is 3.01. The fraction of sp³-hybridized carbons (Fsp3) is 0.318. The number of carbonyl (C=O) groups is 3. The molecule has 1 N–H and O–H groups in total. The van der Waals surface area contributed by atoms with Crippen LogP contribution in [0.1, 0.15) is 40.0 Å². The smallest absolute Gasteiger partial charge is 0.338 e. The van der Waals surface area contributed by atoms with Crippen molar-refractivity contribution in [1.82, 2.24) is 0 Å². The molecule has 0 bridgehead atoms. The third kappa shape index (κ3) is 5.60. The molecule has 168 valence electrons. The Labute approximate surface area is 184 Å². The quantitative estimate of drug-likeness (QED) is 0.394. The van der Waals surface area contributed by atoms with E-state index in [1.54, 1.807) is 6.07 Å². The van der Waals surface area contributed by atoms with Crippen LogP contribution in [0.15, 0.2) is 42.5 Å². The summed E-state index contributed by atoms with van der Waals surface area (Å²) in [5.74, 6) is -1.93. The van der Waals surface area contributed by atoms with E-state index in [4.69, 9.17) is 4.74 Å². The van der Waals surface area contributed by atoms with Gasteiger partial charge in [0.15, 0.2) is 6.61 Å². The van der Waals surface area contributed by atoms with Crippen molar-refractivity contribution < 1.29 is 28.8 Å². The molecule has 0 spiro atoms. The molecule has 0 saturated carbocycles. The maximum atomic E-state index is 12.3. The number of nitro benzene ring substituents is 1. The third-order valence-corrected chi connectivity index (χ3v) is 5.03. The molecule has 3 rings (SSSR count). The van der Waals surface area contributed by atoms with E-state index in [1.807, 2.05) is 4.90 Å². The van der Waals surface area contributed by atoms with Gasteiger partial charge in [0.2, 0.25) is 0 Å². The molecule has 0 aromatic heterocycles. The van der Waals surface area contributed by atoms with Crippen LogP contribution in [0, 0.1) is 10.1 Å². The highest BCUT2D eigenvalue weighted by Gasteiger charge is 2.23. The van der Waals surface area contributed by atoms with Gasteiger partial charge < -0.3 is 19.7 Å². The highest BCUT2D eigenvalue weighted by atomic mass is 16.6. The van der Waals surface area contributed by atoms with Gasteiger partial charge in [-0.25, -0.2) is 9.59 Å². The minimum atomic E-state index is -0.838. The number of anilines is 2. The fourth-order valence-electron chi connectivity index (χ4n) is 3.42. The van der Waals surface area contributed by atoms with E-state index in [2.05, 4.69) is 10.1 Å². The van der Waals surface area contributed by atoms with Crippen molar-refractivity contribution in [3.8, 4) is 0 Å². The van der Waals surface area contributed by atoms with Crippen molar-refractivity contribution >= 4 is 34.9 Å². The van der Waals surface area contributed by atoms with Gasteiger partial charge >= 0.3 is 11.9 Å². The summed E-state index contributed by atoms with van der Waals surface area (Å²) in [7, 11) is 1.27. The standard InChI is InChI=1S/C22H23N3O7/c1-31-21(27)15-5-8-17(9-6-15)23-20(26)14-32-22(28)16-7-10-18(19(13-16)25(29)30)24-11-3-2-4-12-24/h5-10,13H,2-4,11-12,14H2,1H3,(H,23,26). The minimum absolute atomic E-state index is 0.00677. The average molecular weight is 441 g/mol. The second-order valence-corrected chi connectivity index (χ2v) is 7.20. The zero-order valence-electron chi connectivity index (χ0n) is 17.5. The van der Waals surface area contributed by atoms with Crippen molar-refractivity contribution in [2.75, 3.05) is 37.0 Å². The summed E-state index contributed by atoms with van der Waals surface area (Å²) in [4.78, 5) is 48.8. The van der Waals surface area contributed by atoms with Gasteiger partial charge in [-0.3, -0.25) is 14.9 Å². The molecule has 1 saturated heterocycles. The number of carbonyl (C=O) groups excluding carboxylic acids is 3. The molecule has 2 aromatic carbocycles. The van der Waals surface area contributed by atoms with Crippen LogP contribution in [0.3, 0.4) is 0 Å². The van der Waals surface area contributed by atoms with Gasteiger partial charge in [0.05, 0.1) is 23.2 Å². The Morgan fingerprint density at radius 2 is 1.66 bits per heavy atom. The van der Waals surface area contributed by atoms with E-state index in [9.17, 15) is 24.5 Å². The largest absolute Gasteiger partial charge is 0.465 e. The Bertz CT molecular complexity index is 1010. The Morgan fingerprint density at radius 1 is 1.00 bits per heavy atom. The second kappa shape index (κ2) is 10.4. The van der Waals surface area contributed by atoms with Gasteiger partial charge in [0.1, 0.15) is 5.69 Å². The first-order chi connectivity index (χ1) is 15.4. The highest BCUT2D eigenvalue weighted by Crippen LogP contribution is 2.31. The number of hydrogen-bond donors (Lipinski definition) is 1. The molecule has 10 nitrogen and oxygen atoms in total. The molecular formula is C22H23N3O7. The zero-order chi connectivity index (χ0) is 23.1. The second-order valence-electron chi connectivity index (χ2n) is 7.20. The molecule has 32 heavy (non-hydrogen) atoms. The molecule has 0 unspecified atom stereocenters. The first-order valence-corrected chi connectivity index (χ1v) is 10.1. The number of methoxy groups -OCH3 is 1. The van der Waals surface area contributed by atoms with E-state index in [0.29, 0.717) is 16.9 Å². The number of nitrogens with zero attached hydrogens (tertiary/aromatic N) is 2. The van der Waals surface area contributed by atoms with Crippen LogP contribution >= 0.6 is 0 Å². The lowest BCUT2D eigenvalue weighted by Gasteiger charge is -2.28. The number of hydrogen-bond acceptors (Lipinski definition) is 8. The van der Waals surface area contributed by atoms with Crippen LogP contribution < -0.4 is 10.2 Å². The number of nitro groups is 1. The molecule has 1 fully saturated rings. The van der Waals surface area contributed by atoms with Crippen molar-refractivity contribution in [3.63, 3.8) is 0 Å². The van der Waals surface area contributed by atoms with Crippen molar-refractivity contribution in [1.29, 1.82) is 0 Å². The predicted molar refractivity (Wildman–Crippen MR) is 116 cm³/mol. The van der Waals surface area contributed by atoms with Crippen molar-refractivity contribution in [2.24, 2.45) is 0 Å². The number of amides is 1. The molecule has 0 aliphatic carbocycles. The highest BCUT2D eigenvalue weighted by molar-refractivity contribution is 5.96. The number of benzene rings is 2. The number of rotatable bonds is 7. The lowest BCUT2D eigenvalue weighted by molar-refractivity contribution is -0.384. The van der Waals surface area contributed by atoms with Crippen LogP contribution in [-0.4, -0.2) is 49.6 Å². The van der Waals surface area contributed by atoms with Crippen molar-refractivity contribution in [2.45, 2.75) is 19.3 Å².